The van der Waals surface area contributed by atoms with Crippen molar-refractivity contribution < 1.29 is 18.6 Å². The summed E-state index contributed by atoms with van der Waals surface area (Å²) in [5.41, 5.74) is 3.52. The Morgan fingerprint density at radius 3 is 2.86 bits per heavy atom. The molecule has 0 spiro atoms. The van der Waals surface area contributed by atoms with Crippen molar-refractivity contribution >= 4 is 28.0 Å². The summed E-state index contributed by atoms with van der Waals surface area (Å²) in [5.74, 6) is 1.42. The van der Waals surface area contributed by atoms with Gasteiger partial charge in [0, 0.05) is 46.7 Å². The third kappa shape index (κ3) is 3.94. The van der Waals surface area contributed by atoms with E-state index in [4.69, 9.17) is 14.2 Å². The van der Waals surface area contributed by atoms with E-state index >= 15 is 4.39 Å². The summed E-state index contributed by atoms with van der Waals surface area (Å²) < 4.78 is 34.8. The van der Waals surface area contributed by atoms with Crippen LogP contribution in [0.15, 0.2) is 61.1 Å². The van der Waals surface area contributed by atoms with Crippen LogP contribution in [-0.4, -0.2) is 33.2 Å². The topological polar surface area (TPSA) is 74.2 Å². The Morgan fingerprint density at radius 2 is 1.97 bits per heavy atom. The number of aromatic nitrogens is 4. The van der Waals surface area contributed by atoms with Crippen LogP contribution in [0.3, 0.4) is 0 Å². The van der Waals surface area contributed by atoms with E-state index in [2.05, 4.69) is 50.1 Å². The summed E-state index contributed by atoms with van der Waals surface area (Å²) in [6, 6.07) is 12.9. The molecule has 8 heteroatoms. The van der Waals surface area contributed by atoms with Gasteiger partial charge in [-0.3, -0.25) is 0 Å². The Kier molecular flexibility index (Phi) is 5.56. The van der Waals surface area contributed by atoms with Gasteiger partial charge in [0.25, 0.3) is 0 Å². The van der Waals surface area contributed by atoms with Crippen molar-refractivity contribution in [3.8, 4) is 23.1 Å². The molecule has 182 valence electrons. The second kappa shape index (κ2) is 9.03. The Balaban J connectivity index is 1.21. The zero-order valence-corrected chi connectivity index (χ0v) is 20.0. The van der Waals surface area contributed by atoms with Crippen LogP contribution in [0.2, 0.25) is 0 Å². The molecule has 0 radical (unpaired) electrons. The third-order valence-corrected chi connectivity index (χ3v) is 6.52. The number of fused-ring (bicyclic) bond motifs is 3. The number of aryl methyl sites for hydroxylation is 1. The number of hydrogen-bond acceptors (Lipinski definition) is 5. The van der Waals surface area contributed by atoms with Crippen LogP contribution < -0.4 is 14.2 Å². The average Bonchev–Trinajstić information content (AvgIpc) is 3.60. The molecule has 0 fully saturated rings. The standard InChI is InChI=1S/C28H25FN4O3/c1-17-13-19-21(32-17)7-8-24(27(19)29)36-28-20-14-25(34-2)26(15-22(20)30-16-31-28)35-12-4-5-18-9-11-33-10-3-6-23(18)33/h3,6-11,13-16,18,32H,4-5,12H2,1-2H3. The monoisotopic (exact) mass is 484 g/mol. The molecule has 1 N–H and O–H groups in total. The fraction of sp³-hybridized carbons (Fsp3) is 0.214. The van der Waals surface area contributed by atoms with Crippen molar-refractivity contribution in [2.75, 3.05) is 13.7 Å². The average molecular weight is 485 g/mol. The van der Waals surface area contributed by atoms with E-state index < -0.39 is 5.82 Å². The largest absolute Gasteiger partial charge is 0.493 e. The Hall–Kier alpha value is -4.33. The minimum Gasteiger partial charge on any atom is -0.493 e. The third-order valence-electron chi connectivity index (χ3n) is 6.52. The predicted molar refractivity (Wildman–Crippen MR) is 136 cm³/mol. The predicted octanol–water partition coefficient (Wildman–Crippen LogP) is 6.59. The van der Waals surface area contributed by atoms with Crippen LogP contribution in [0, 0.1) is 12.7 Å². The molecule has 1 unspecified atom stereocenters. The second-order valence-corrected chi connectivity index (χ2v) is 8.87. The van der Waals surface area contributed by atoms with E-state index in [1.807, 2.05) is 6.92 Å². The molecule has 1 aliphatic rings. The zero-order valence-electron chi connectivity index (χ0n) is 20.0. The Labute approximate surface area is 207 Å². The van der Waals surface area contributed by atoms with Crippen molar-refractivity contribution in [3.05, 3.63) is 78.3 Å². The number of hydrogen-bond donors (Lipinski definition) is 1. The second-order valence-electron chi connectivity index (χ2n) is 8.87. The number of allylic oxidation sites excluding steroid dienone is 1. The maximum atomic E-state index is 15.1. The van der Waals surface area contributed by atoms with Crippen molar-refractivity contribution in [1.29, 1.82) is 0 Å². The molecule has 7 nitrogen and oxygen atoms in total. The normalized spacial score (nSPS) is 14.5. The summed E-state index contributed by atoms with van der Waals surface area (Å²) in [7, 11) is 1.58. The zero-order chi connectivity index (χ0) is 24.6. The summed E-state index contributed by atoms with van der Waals surface area (Å²) in [4.78, 5) is 11.7. The molecule has 6 rings (SSSR count). The van der Waals surface area contributed by atoms with Crippen molar-refractivity contribution in [2.24, 2.45) is 0 Å². The van der Waals surface area contributed by atoms with Gasteiger partial charge in [0.15, 0.2) is 23.1 Å². The number of aromatic amines is 1. The van der Waals surface area contributed by atoms with Crippen LogP contribution in [0.4, 0.5) is 4.39 Å². The lowest BCUT2D eigenvalue weighted by Gasteiger charge is -2.14. The van der Waals surface area contributed by atoms with Gasteiger partial charge >= 0.3 is 0 Å². The van der Waals surface area contributed by atoms with Gasteiger partial charge in [0.1, 0.15) is 6.33 Å². The van der Waals surface area contributed by atoms with E-state index in [0.717, 1.165) is 18.5 Å². The Bertz CT molecular complexity index is 1600. The molecule has 5 aromatic rings. The van der Waals surface area contributed by atoms with Gasteiger partial charge in [-0.15, -0.1) is 0 Å². The van der Waals surface area contributed by atoms with Crippen LogP contribution >= 0.6 is 0 Å². The molecule has 36 heavy (non-hydrogen) atoms. The van der Waals surface area contributed by atoms with Gasteiger partial charge in [-0.25, -0.2) is 14.4 Å². The lowest BCUT2D eigenvalue weighted by Crippen LogP contribution is -2.03. The van der Waals surface area contributed by atoms with Gasteiger partial charge in [-0.1, -0.05) is 6.08 Å². The maximum absolute atomic E-state index is 15.1. The summed E-state index contributed by atoms with van der Waals surface area (Å²) >= 11 is 0. The lowest BCUT2D eigenvalue weighted by molar-refractivity contribution is 0.285. The first-order chi connectivity index (χ1) is 17.6. The number of nitrogens with zero attached hydrogens (tertiary/aromatic N) is 3. The quantitative estimate of drug-likeness (QED) is 0.252. The highest BCUT2D eigenvalue weighted by Crippen LogP contribution is 2.38. The van der Waals surface area contributed by atoms with E-state index in [0.29, 0.717) is 45.8 Å². The molecule has 0 bridgehead atoms. The molecular weight excluding hydrogens is 459 g/mol. The van der Waals surface area contributed by atoms with Gasteiger partial charge < -0.3 is 23.8 Å². The molecule has 0 aliphatic carbocycles. The van der Waals surface area contributed by atoms with Crippen LogP contribution in [0.5, 0.6) is 23.1 Å². The number of rotatable bonds is 8. The molecule has 3 aromatic heterocycles. The van der Waals surface area contributed by atoms with E-state index in [-0.39, 0.29) is 11.6 Å². The number of nitrogens with one attached hydrogen (secondary N) is 1. The first-order valence-electron chi connectivity index (χ1n) is 11.9. The first-order valence-corrected chi connectivity index (χ1v) is 11.9. The van der Waals surface area contributed by atoms with Crippen molar-refractivity contribution in [3.63, 3.8) is 0 Å². The molecule has 0 amide bonds. The fourth-order valence-corrected chi connectivity index (χ4v) is 4.75. The van der Waals surface area contributed by atoms with Crippen LogP contribution in [-0.2, 0) is 0 Å². The van der Waals surface area contributed by atoms with Gasteiger partial charge in [-0.05, 0) is 56.2 Å². The number of ether oxygens (including phenoxy) is 3. The van der Waals surface area contributed by atoms with Crippen molar-refractivity contribution in [1.82, 2.24) is 19.5 Å². The summed E-state index contributed by atoms with van der Waals surface area (Å²) in [6.07, 6.45) is 9.67. The molecule has 0 saturated heterocycles. The highest BCUT2D eigenvalue weighted by Gasteiger charge is 2.18. The van der Waals surface area contributed by atoms with Gasteiger partial charge in [0.2, 0.25) is 5.88 Å². The lowest BCUT2D eigenvalue weighted by atomic mass is 10.0. The first kappa shape index (κ1) is 22.2. The summed E-state index contributed by atoms with van der Waals surface area (Å²) in [6.45, 7) is 2.43. The molecule has 2 aromatic carbocycles. The minimum absolute atomic E-state index is 0.0906. The SMILES string of the molecule is COc1cc2c(Oc3ccc4[nH]c(C)cc4c3F)ncnc2cc1OCCCC1C=Cn2cccc21. The fourth-order valence-electron chi connectivity index (χ4n) is 4.75. The van der Waals surface area contributed by atoms with Gasteiger partial charge in [0.05, 0.1) is 24.6 Å². The van der Waals surface area contributed by atoms with Crippen LogP contribution in [0.1, 0.15) is 30.1 Å². The Morgan fingerprint density at radius 1 is 1.06 bits per heavy atom. The van der Waals surface area contributed by atoms with E-state index in [1.54, 1.807) is 37.4 Å². The van der Waals surface area contributed by atoms with Crippen molar-refractivity contribution in [2.45, 2.75) is 25.7 Å². The van der Waals surface area contributed by atoms with E-state index in [1.165, 1.54) is 12.0 Å². The number of H-pyrrole nitrogens is 1. The van der Waals surface area contributed by atoms with E-state index in [9.17, 15) is 0 Å². The maximum Gasteiger partial charge on any atom is 0.230 e. The highest BCUT2D eigenvalue weighted by atomic mass is 19.1. The number of halogens is 1. The van der Waals surface area contributed by atoms with Crippen LogP contribution in [0.25, 0.3) is 28.0 Å². The molecule has 4 heterocycles. The smallest absolute Gasteiger partial charge is 0.230 e. The highest BCUT2D eigenvalue weighted by molar-refractivity contribution is 5.87. The minimum atomic E-state index is -0.445. The number of methoxy groups -OCH3 is 1. The molecule has 1 atom stereocenters. The van der Waals surface area contributed by atoms with Gasteiger partial charge in [-0.2, -0.15) is 0 Å². The summed E-state index contributed by atoms with van der Waals surface area (Å²) in [5, 5.41) is 1.07. The molecule has 0 saturated carbocycles. The molecule has 1 aliphatic heterocycles. The number of benzene rings is 2. The molecular formula is C28H25FN4O3.